The molecule has 0 bridgehead atoms. The van der Waals surface area contributed by atoms with E-state index in [4.69, 9.17) is 15.6 Å². The first-order valence-electron chi connectivity index (χ1n) is 7.64. The average Bonchev–Trinajstić information content (AvgIpc) is 2.91. The van der Waals surface area contributed by atoms with Gasteiger partial charge in [0.25, 0.3) is 0 Å². The summed E-state index contributed by atoms with van der Waals surface area (Å²) in [5, 5.41) is 8.01. The van der Waals surface area contributed by atoms with E-state index < -0.39 is 0 Å². The molecule has 1 aromatic carbocycles. The van der Waals surface area contributed by atoms with Gasteiger partial charge in [-0.2, -0.15) is 5.10 Å². The van der Waals surface area contributed by atoms with Crippen molar-refractivity contribution in [2.45, 2.75) is 43.0 Å². The van der Waals surface area contributed by atoms with Crippen molar-refractivity contribution >= 4 is 32.7 Å². The molecule has 1 heterocycles. The molecule has 0 amide bonds. The number of benzene rings is 1. The second kappa shape index (κ2) is 6.42. The van der Waals surface area contributed by atoms with E-state index >= 15 is 0 Å². The largest absolute Gasteiger partial charge is 0.496 e. The SMILES string of the molecule is COc1cc(C2=NN(C)C(C3(N)CCCCC3)S2)ccc1Br. The van der Waals surface area contributed by atoms with E-state index in [1.165, 1.54) is 19.3 Å². The standard InChI is InChI=1S/C16H22BrN3OS/c1-20-15(16(18)8-4-3-5-9-16)22-14(19-20)11-6-7-12(17)13(10-11)21-2/h6-7,10,15H,3-5,8-9,18H2,1-2H3. The monoisotopic (exact) mass is 383 g/mol. The molecule has 1 aliphatic heterocycles. The maximum Gasteiger partial charge on any atom is 0.133 e. The van der Waals surface area contributed by atoms with Crippen LogP contribution in [0.5, 0.6) is 5.75 Å². The van der Waals surface area contributed by atoms with Gasteiger partial charge in [0.15, 0.2) is 0 Å². The van der Waals surface area contributed by atoms with Gasteiger partial charge in [-0.05, 0) is 40.9 Å². The number of nitrogens with two attached hydrogens (primary N) is 1. The fourth-order valence-electron chi connectivity index (χ4n) is 3.27. The minimum absolute atomic E-state index is 0.137. The van der Waals surface area contributed by atoms with E-state index in [1.54, 1.807) is 18.9 Å². The van der Waals surface area contributed by atoms with Gasteiger partial charge in [0.05, 0.1) is 11.6 Å². The zero-order valence-corrected chi connectivity index (χ0v) is 15.4. The quantitative estimate of drug-likeness (QED) is 0.862. The Balaban J connectivity index is 1.81. The van der Waals surface area contributed by atoms with Gasteiger partial charge in [0, 0.05) is 18.2 Å². The molecule has 4 nitrogen and oxygen atoms in total. The van der Waals surface area contributed by atoms with Crippen LogP contribution in [-0.4, -0.2) is 35.1 Å². The normalized spacial score (nSPS) is 24.3. The van der Waals surface area contributed by atoms with Crippen LogP contribution in [0.2, 0.25) is 0 Å². The number of rotatable bonds is 3. The Morgan fingerprint density at radius 1 is 1.36 bits per heavy atom. The minimum Gasteiger partial charge on any atom is -0.496 e. The van der Waals surface area contributed by atoms with Crippen LogP contribution in [0.3, 0.4) is 0 Å². The van der Waals surface area contributed by atoms with Crippen molar-refractivity contribution in [1.82, 2.24) is 5.01 Å². The molecule has 2 aliphatic rings. The molecule has 1 fully saturated rings. The summed E-state index contributed by atoms with van der Waals surface area (Å²) in [5.41, 5.74) is 7.65. The van der Waals surface area contributed by atoms with Crippen LogP contribution >= 0.6 is 27.7 Å². The predicted octanol–water partition coefficient (Wildman–Crippen LogP) is 3.79. The van der Waals surface area contributed by atoms with Crippen LogP contribution in [0.15, 0.2) is 27.8 Å². The predicted molar refractivity (Wildman–Crippen MR) is 96.4 cm³/mol. The van der Waals surface area contributed by atoms with E-state index in [0.29, 0.717) is 0 Å². The highest BCUT2D eigenvalue weighted by Gasteiger charge is 2.42. The summed E-state index contributed by atoms with van der Waals surface area (Å²) in [6.45, 7) is 0. The number of methoxy groups -OCH3 is 1. The second-order valence-corrected chi connectivity index (χ2v) is 8.02. The lowest BCUT2D eigenvalue weighted by atomic mass is 9.82. The highest BCUT2D eigenvalue weighted by Crippen LogP contribution is 2.41. The minimum atomic E-state index is -0.137. The van der Waals surface area contributed by atoms with Crippen molar-refractivity contribution < 1.29 is 4.74 Å². The molecular weight excluding hydrogens is 362 g/mol. The van der Waals surface area contributed by atoms with Crippen molar-refractivity contribution in [3.05, 3.63) is 28.2 Å². The molecule has 6 heteroatoms. The van der Waals surface area contributed by atoms with Gasteiger partial charge in [0.1, 0.15) is 16.2 Å². The number of nitrogens with zero attached hydrogens (tertiary/aromatic N) is 2. The molecule has 1 unspecified atom stereocenters. The lowest BCUT2D eigenvalue weighted by Crippen LogP contribution is -2.54. The lowest BCUT2D eigenvalue weighted by Gasteiger charge is -2.40. The molecule has 1 saturated carbocycles. The van der Waals surface area contributed by atoms with Crippen molar-refractivity contribution in [2.75, 3.05) is 14.2 Å². The Morgan fingerprint density at radius 3 is 2.77 bits per heavy atom. The molecule has 1 aliphatic carbocycles. The van der Waals surface area contributed by atoms with Crippen molar-refractivity contribution in [1.29, 1.82) is 0 Å². The third-order valence-corrected chi connectivity index (χ3v) is 6.68. The topological polar surface area (TPSA) is 50.8 Å². The van der Waals surface area contributed by atoms with E-state index in [0.717, 1.165) is 33.7 Å². The number of ether oxygens (including phenoxy) is 1. The lowest BCUT2D eigenvalue weighted by molar-refractivity contribution is 0.183. The number of halogens is 1. The van der Waals surface area contributed by atoms with Crippen LogP contribution in [0.1, 0.15) is 37.7 Å². The number of thioether (sulfide) groups is 1. The highest BCUT2D eigenvalue weighted by atomic mass is 79.9. The zero-order valence-electron chi connectivity index (χ0n) is 13.0. The molecule has 3 rings (SSSR count). The molecule has 0 radical (unpaired) electrons. The van der Waals surface area contributed by atoms with E-state index in [1.807, 2.05) is 24.2 Å². The zero-order chi connectivity index (χ0) is 15.7. The van der Waals surface area contributed by atoms with Crippen molar-refractivity contribution in [3.63, 3.8) is 0 Å². The fourth-order valence-corrected chi connectivity index (χ4v) is 5.00. The number of hydrogen-bond acceptors (Lipinski definition) is 5. The van der Waals surface area contributed by atoms with Crippen LogP contribution in [0, 0.1) is 0 Å². The number of likely N-dealkylation sites (N-methyl/N-ethyl adjacent to an activating group) is 1. The molecule has 120 valence electrons. The first-order valence-corrected chi connectivity index (χ1v) is 9.32. The summed E-state index contributed by atoms with van der Waals surface area (Å²) in [6.07, 6.45) is 5.92. The summed E-state index contributed by atoms with van der Waals surface area (Å²) >= 11 is 5.27. The van der Waals surface area contributed by atoms with Crippen LogP contribution in [0.25, 0.3) is 0 Å². The van der Waals surface area contributed by atoms with Crippen LogP contribution < -0.4 is 10.5 Å². The Labute approximate surface area is 144 Å². The Hall–Kier alpha value is -0.720. The Bertz CT molecular complexity index is 587. The molecular formula is C16H22BrN3OS. The molecule has 22 heavy (non-hydrogen) atoms. The van der Waals surface area contributed by atoms with Gasteiger partial charge in [-0.15, -0.1) is 0 Å². The van der Waals surface area contributed by atoms with Gasteiger partial charge in [-0.1, -0.05) is 37.1 Å². The van der Waals surface area contributed by atoms with E-state index in [2.05, 4.69) is 22.0 Å². The summed E-state index contributed by atoms with van der Waals surface area (Å²) < 4.78 is 6.34. The molecule has 1 atom stereocenters. The Morgan fingerprint density at radius 2 is 2.09 bits per heavy atom. The summed E-state index contributed by atoms with van der Waals surface area (Å²) in [7, 11) is 3.71. The summed E-state index contributed by atoms with van der Waals surface area (Å²) in [5.74, 6) is 0.826. The second-order valence-electron chi connectivity index (χ2n) is 6.09. The van der Waals surface area contributed by atoms with Gasteiger partial charge in [0.2, 0.25) is 0 Å². The van der Waals surface area contributed by atoms with Crippen molar-refractivity contribution in [2.24, 2.45) is 10.8 Å². The maximum atomic E-state index is 6.71. The highest BCUT2D eigenvalue weighted by molar-refractivity contribution is 9.10. The molecule has 0 spiro atoms. The first kappa shape index (κ1) is 16.1. The smallest absolute Gasteiger partial charge is 0.133 e. The molecule has 0 saturated heterocycles. The van der Waals surface area contributed by atoms with Gasteiger partial charge < -0.3 is 10.5 Å². The summed E-state index contributed by atoms with van der Waals surface area (Å²) in [6, 6.07) is 6.10. The van der Waals surface area contributed by atoms with Gasteiger partial charge in [-0.3, -0.25) is 5.01 Å². The van der Waals surface area contributed by atoms with Crippen molar-refractivity contribution in [3.8, 4) is 5.75 Å². The third kappa shape index (κ3) is 3.01. The molecule has 2 N–H and O–H groups in total. The molecule has 0 aromatic heterocycles. The third-order valence-electron chi connectivity index (χ3n) is 4.49. The van der Waals surface area contributed by atoms with Gasteiger partial charge >= 0.3 is 0 Å². The summed E-state index contributed by atoms with van der Waals surface area (Å²) in [4.78, 5) is 0. The van der Waals surface area contributed by atoms with E-state index in [9.17, 15) is 0 Å². The van der Waals surface area contributed by atoms with Crippen LogP contribution in [0.4, 0.5) is 0 Å². The number of hydrazone groups is 1. The maximum absolute atomic E-state index is 6.71. The van der Waals surface area contributed by atoms with E-state index in [-0.39, 0.29) is 10.9 Å². The first-order chi connectivity index (χ1) is 10.5. The fraction of sp³-hybridized carbons (Fsp3) is 0.562. The van der Waals surface area contributed by atoms with Gasteiger partial charge in [-0.25, -0.2) is 0 Å². The Kier molecular flexibility index (Phi) is 4.71. The van der Waals surface area contributed by atoms with Crippen LogP contribution in [-0.2, 0) is 0 Å². The number of hydrogen-bond donors (Lipinski definition) is 1. The molecule has 1 aromatic rings. The average molecular weight is 384 g/mol.